The van der Waals surface area contributed by atoms with E-state index in [-0.39, 0.29) is 11.4 Å². The molecule has 0 atom stereocenters. The van der Waals surface area contributed by atoms with Gasteiger partial charge in [0.15, 0.2) is 0 Å². The predicted molar refractivity (Wildman–Crippen MR) is 28.1 cm³/mol. The predicted octanol–water partition coefficient (Wildman–Crippen LogP) is -0.586. The molecule has 0 aliphatic heterocycles. The highest BCUT2D eigenvalue weighted by molar-refractivity contribution is 5.89. The molecule has 0 bridgehead atoms. The Morgan fingerprint density at radius 3 is 2.00 bits per heavy atom. The van der Waals surface area contributed by atoms with Crippen molar-refractivity contribution >= 4 is 5.84 Å². The average Bonchev–Trinajstić information content (AvgIpc) is 2.21. The fourth-order valence-electron chi connectivity index (χ4n) is 0.404. The first kappa shape index (κ1) is 4.59. The van der Waals surface area contributed by atoms with Gasteiger partial charge in [0.1, 0.15) is 5.84 Å². The number of rotatable bonds is 1. The summed E-state index contributed by atoms with van der Waals surface area (Å²) in [5.41, 5.74) is 10.1. The zero-order valence-corrected chi connectivity index (χ0v) is 4.07. The number of hydrogen-bond donors (Lipinski definition) is 3. The Balaban J connectivity index is 2.55. The second-order valence-corrected chi connectivity index (χ2v) is 2.07. The van der Waals surface area contributed by atoms with Crippen molar-refractivity contribution in [2.24, 2.45) is 11.5 Å². The summed E-state index contributed by atoms with van der Waals surface area (Å²) >= 11 is 0. The molecule has 5 N–H and O–H groups in total. The van der Waals surface area contributed by atoms with Gasteiger partial charge >= 0.3 is 0 Å². The summed E-state index contributed by atoms with van der Waals surface area (Å²) in [4.78, 5) is 0. The lowest BCUT2D eigenvalue weighted by atomic mass is 10.3. The second kappa shape index (κ2) is 0.980. The third-order valence-corrected chi connectivity index (χ3v) is 1.33. The van der Waals surface area contributed by atoms with Crippen LogP contribution in [0.4, 0.5) is 0 Å². The molecule has 0 aromatic rings. The van der Waals surface area contributed by atoms with E-state index in [1.807, 2.05) is 0 Å². The highest BCUT2D eigenvalue weighted by Crippen LogP contribution is 2.31. The molecule has 3 nitrogen and oxygen atoms in total. The van der Waals surface area contributed by atoms with Crippen molar-refractivity contribution in [2.45, 2.75) is 18.4 Å². The van der Waals surface area contributed by atoms with Crippen LogP contribution in [0.1, 0.15) is 12.8 Å². The van der Waals surface area contributed by atoms with Crippen LogP contribution in [-0.4, -0.2) is 11.4 Å². The standard InChI is InChI=1S/C4H9N3/c5-3(6)4(7)1-2-4/h1-2,7H2,(H3,5,6). The van der Waals surface area contributed by atoms with E-state index in [9.17, 15) is 0 Å². The van der Waals surface area contributed by atoms with E-state index >= 15 is 0 Å². The highest BCUT2D eigenvalue weighted by Gasteiger charge is 2.41. The lowest BCUT2D eigenvalue weighted by Gasteiger charge is -2.01. The molecule has 0 saturated heterocycles. The Hall–Kier alpha value is -0.570. The Morgan fingerprint density at radius 2 is 2.00 bits per heavy atom. The maximum absolute atomic E-state index is 6.86. The molecule has 7 heavy (non-hydrogen) atoms. The van der Waals surface area contributed by atoms with Gasteiger partial charge in [-0.2, -0.15) is 0 Å². The molecule has 0 spiro atoms. The van der Waals surface area contributed by atoms with Crippen molar-refractivity contribution < 1.29 is 0 Å². The van der Waals surface area contributed by atoms with Gasteiger partial charge in [-0.1, -0.05) is 0 Å². The Labute approximate surface area is 42.2 Å². The number of hydrogen-bond acceptors (Lipinski definition) is 2. The summed E-state index contributed by atoms with van der Waals surface area (Å²) in [6.07, 6.45) is 1.78. The molecule has 1 fully saturated rings. The van der Waals surface area contributed by atoms with Gasteiger partial charge in [-0.15, -0.1) is 0 Å². The minimum Gasteiger partial charge on any atom is -0.386 e. The largest absolute Gasteiger partial charge is 0.386 e. The van der Waals surface area contributed by atoms with Gasteiger partial charge in [0.25, 0.3) is 0 Å². The number of amidine groups is 1. The Morgan fingerprint density at radius 1 is 1.57 bits per heavy atom. The van der Waals surface area contributed by atoms with Gasteiger partial charge in [-0.05, 0) is 12.8 Å². The van der Waals surface area contributed by atoms with E-state index in [4.69, 9.17) is 16.9 Å². The summed E-state index contributed by atoms with van der Waals surface area (Å²) in [5.74, 6) is 0.132. The molecule has 0 heterocycles. The summed E-state index contributed by atoms with van der Waals surface area (Å²) in [6.45, 7) is 0. The molecule has 0 aromatic carbocycles. The van der Waals surface area contributed by atoms with E-state index in [2.05, 4.69) is 0 Å². The lowest BCUT2D eigenvalue weighted by molar-refractivity contribution is 0.887. The molecule has 1 saturated carbocycles. The van der Waals surface area contributed by atoms with Crippen molar-refractivity contribution in [1.82, 2.24) is 0 Å². The molecule has 0 unspecified atom stereocenters. The summed E-state index contributed by atoms with van der Waals surface area (Å²) in [7, 11) is 0. The normalized spacial score (nSPS) is 24.1. The van der Waals surface area contributed by atoms with Gasteiger partial charge in [0.2, 0.25) is 0 Å². The van der Waals surface area contributed by atoms with Gasteiger partial charge in [-0.3, -0.25) is 5.41 Å². The average molecular weight is 99.1 g/mol. The minimum atomic E-state index is -0.389. The van der Waals surface area contributed by atoms with Crippen LogP contribution < -0.4 is 11.5 Å². The van der Waals surface area contributed by atoms with Crippen LogP contribution in [-0.2, 0) is 0 Å². The van der Waals surface area contributed by atoms with Crippen molar-refractivity contribution in [3.63, 3.8) is 0 Å². The fourth-order valence-corrected chi connectivity index (χ4v) is 0.404. The van der Waals surface area contributed by atoms with Crippen LogP contribution in [0.2, 0.25) is 0 Å². The molecule has 40 valence electrons. The number of nitrogens with one attached hydrogen (secondary N) is 1. The van der Waals surface area contributed by atoms with Crippen LogP contribution in [0.5, 0.6) is 0 Å². The molecule has 0 amide bonds. The zero-order valence-electron chi connectivity index (χ0n) is 4.07. The maximum Gasteiger partial charge on any atom is 0.111 e. The first-order valence-electron chi connectivity index (χ1n) is 2.28. The molecule has 0 radical (unpaired) electrons. The second-order valence-electron chi connectivity index (χ2n) is 2.07. The SMILES string of the molecule is N=C(N)C1(N)CC1. The Bertz CT molecular complexity index is 104. The van der Waals surface area contributed by atoms with E-state index in [1.54, 1.807) is 0 Å². The smallest absolute Gasteiger partial charge is 0.111 e. The van der Waals surface area contributed by atoms with E-state index < -0.39 is 0 Å². The van der Waals surface area contributed by atoms with Crippen molar-refractivity contribution in [3.05, 3.63) is 0 Å². The summed E-state index contributed by atoms with van der Waals surface area (Å²) in [5, 5.41) is 6.86. The van der Waals surface area contributed by atoms with Gasteiger partial charge in [0, 0.05) is 0 Å². The number of nitrogens with two attached hydrogens (primary N) is 2. The van der Waals surface area contributed by atoms with Gasteiger partial charge < -0.3 is 11.5 Å². The molecular weight excluding hydrogens is 90.1 g/mol. The first-order chi connectivity index (χ1) is 3.15. The third kappa shape index (κ3) is 0.587. The summed E-state index contributed by atoms with van der Waals surface area (Å²) < 4.78 is 0. The van der Waals surface area contributed by atoms with E-state index in [0.29, 0.717) is 0 Å². The van der Waals surface area contributed by atoms with Crippen LogP contribution in [0.3, 0.4) is 0 Å². The lowest BCUT2D eigenvalue weighted by Crippen LogP contribution is -2.37. The monoisotopic (exact) mass is 99.1 g/mol. The topological polar surface area (TPSA) is 75.9 Å². The van der Waals surface area contributed by atoms with Crippen molar-refractivity contribution in [2.75, 3.05) is 0 Å². The van der Waals surface area contributed by atoms with Crippen LogP contribution >= 0.6 is 0 Å². The molecular formula is C4H9N3. The van der Waals surface area contributed by atoms with Crippen LogP contribution in [0, 0.1) is 5.41 Å². The van der Waals surface area contributed by atoms with E-state index in [0.717, 1.165) is 12.8 Å². The molecule has 0 aromatic heterocycles. The molecule has 1 rings (SSSR count). The van der Waals surface area contributed by atoms with Gasteiger partial charge in [-0.25, -0.2) is 0 Å². The zero-order chi connectivity index (χ0) is 5.49. The quantitative estimate of drug-likeness (QED) is 0.303. The van der Waals surface area contributed by atoms with Gasteiger partial charge in [0.05, 0.1) is 5.54 Å². The minimum absolute atomic E-state index is 0.132. The molecule has 3 heteroatoms. The third-order valence-electron chi connectivity index (χ3n) is 1.33. The molecule has 1 aliphatic rings. The van der Waals surface area contributed by atoms with Crippen molar-refractivity contribution in [3.8, 4) is 0 Å². The summed E-state index contributed by atoms with van der Waals surface area (Å²) in [6, 6.07) is 0. The van der Waals surface area contributed by atoms with Crippen LogP contribution in [0.15, 0.2) is 0 Å². The fraction of sp³-hybridized carbons (Fsp3) is 0.750. The Kier molecular flexibility index (Phi) is 0.642. The highest BCUT2D eigenvalue weighted by atomic mass is 14.9. The van der Waals surface area contributed by atoms with Crippen molar-refractivity contribution in [1.29, 1.82) is 5.41 Å². The molecule has 1 aliphatic carbocycles. The van der Waals surface area contributed by atoms with E-state index in [1.165, 1.54) is 0 Å². The first-order valence-corrected chi connectivity index (χ1v) is 2.28. The van der Waals surface area contributed by atoms with Crippen LogP contribution in [0.25, 0.3) is 0 Å². The maximum atomic E-state index is 6.86.